The van der Waals surface area contributed by atoms with E-state index in [-0.39, 0.29) is 24.0 Å². The largest absolute Gasteiger partial charge is 0.379 e. The second-order valence-corrected chi connectivity index (χ2v) is 7.56. The van der Waals surface area contributed by atoms with Gasteiger partial charge in [0.2, 0.25) is 0 Å². The standard InChI is InChI=1S/C18H36N4O.HI/c1-6-19-18(21-11-14(2)9-15(3)12-21)20-10-16(4)22-7-8-23-13-17(22)5;/h14-17H,6-13H2,1-5H3,(H,19,20);1H. The van der Waals surface area contributed by atoms with Crippen molar-refractivity contribution in [1.29, 1.82) is 0 Å². The highest BCUT2D eigenvalue weighted by Gasteiger charge is 2.26. The van der Waals surface area contributed by atoms with Crippen LogP contribution in [0.2, 0.25) is 0 Å². The SMILES string of the molecule is CCNC(=NCC(C)N1CCOCC1C)N1CC(C)CC(C)C1.I. The first-order valence-electron chi connectivity index (χ1n) is 9.38. The van der Waals surface area contributed by atoms with Gasteiger partial charge in [-0.25, -0.2) is 0 Å². The summed E-state index contributed by atoms with van der Waals surface area (Å²) in [7, 11) is 0. The molecule has 2 fully saturated rings. The van der Waals surface area contributed by atoms with Gasteiger partial charge < -0.3 is 15.0 Å². The van der Waals surface area contributed by atoms with Crippen LogP contribution in [-0.4, -0.2) is 73.8 Å². The van der Waals surface area contributed by atoms with Gasteiger partial charge in [-0.15, -0.1) is 24.0 Å². The molecule has 0 aromatic rings. The number of morpholine rings is 1. The van der Waals surface area contributed by atoms with E-state index in [0.717, 1.165) is 63.7 Å². The van der Waals surface area contributed by atoms with E-state index in [1.165, 1.54) is 6.42 Å². The molecule has 2 aliphatic heterocycles. The van der Waals surface area contributed by atoms with Crippen LogP contribution in [-0.2, 0) is 4.74 Å². The van der Waals surface area contributed by atoms with Crippen molar-refractivity contribution in [1.82, 2.24) is 15.1 Å². The quantitative estimate of drug-likeness (QED) is 0.405. The summed E-state index contributed by atoms with van der Waals surface area (Å²) in [4.78, 5) is 9.95. The molecule has 0 saturated carbocycles. The van der Waals surface area contributed by atoms with E-state index in [0.29, 0.717) is 12.1 Å². The summed E-state index contributed by atoms with van der Waals surface area (Å²) in [5, 5.41) is 3.50. The predicted molar refractivity (Wildman–Crippen MR) is 112 cm³/mol. The van der Waals surface area contributed by atoms with E-state index in [1.54, 1.807) is 0 Å². The summed E-state index contributed by atoms with van der Waals surface area (Å²) in [6.07, 6.45) is 1.33. The number of nitrogens with one attached hydrogen (secondary N) is 1. The third-order valence-corrected chi connectivity index (χ3v) is 4.99. The summed E-state index contributed by atoms with van der Waals surface area (Å²) in [6.45, 7) is 18.1. The molecule has 5 nitrogen and oxygen atoms in total. The lowest BCUT2D eigenvalue weighted by Gasteiger charge is -2.39. The monoisotopic (exact) mass is 452 g/mol. The maximum atomic E-state index is 5.55. The molecule has 2 rings (SSSR count). The van der Waals surface area contributed by atoms with Crippen LogP contribution in [0, 0.1) is 11.8 Å². The van der Waals surface area contributed by atoms with Crippen molar-refractivity contribution < 1.29 is 4.74 Å². The minimum absolute atomic E-state index is 0. The zero-order chi connectivity index (χ0) is 16.8. The molecular formula is C18H37IN4O. The Balaban J connectivity index is 0.00000288. The Hall–Kier alpha value is -0.0800. The molecule has 2 heterocycles. The number of rotatable bonds is 4. The highest BCUT2D eigenvalue weighted by atomic mass is 127. The number of hydrogen-bond acceptors (Lipinski definition) is 3. The summed E-state index contributed by atoms with van der Waals surface area (Å²) in [5.74, 6) is 2.59. The van der Waals surface area contributed by atoms with Gasteiger partial charge in [0.15, 0.2) is 5.96 Å². The van der Waals surface area contributed by atoms with Crippen LogP contribution in [0.4, 0.5) is 0 Å². The average Bonchev–Trinajstić information content (AvgIpc) is 2.50. The number of hydrogen-bond donors (Lipinski definition) is 1. The predicted octanol–water partition coefficient (Wildman–Crippen LogP) is 2.66. The molecule has 142 valence electrons. The molecule has 0 aliphatic carbocycles. The Labute approximate surface area is 165 Å². The Morgan fingerprint density at radius 3 is 2.50 bits per heavy atom. The molecule has 24 heavy (non-hydrogen) atoms. The van der Waals surface area contributed by atoms with Crippen molar-refractivity contribution in [3.05, 3.63) is 0 Å². The lowest BCUT2D eigenvalue weighted by molar-refractivity contribution is -0.0166. The summed E-state index contributed by atoms with van der Waals surface area (Å²) >= 11 is 0. The zero-order valence-corrected chi connectivity index (χ0v) is 18.5. The van der Waals surface area contributed by atoms with Gasteiger partial charge in [-0.05, 0) is 39.0 Å². The molecule has 0 radical (unpaired) electrons. The van der Waals surface area contributed by atoms with Gasteiger partial charge in [0.25, 0.3) is 0 Å². The fourth-order valence-corrected chi connectivity index (χ4v) is 3.98. The summed E-state index contributed by atoms with van der Waals surface area (Å²) in [6, 6.07) is 0.953. The van der Waals surface area contributed by atoms with E-state index in [1.807, 2.05) is 0 Å². The number of likely N-dealkylation sites (tertiary alicyclic amines) is 1. The Morgan fingerprint density at radius 2 is 1.92 bits per heavy atom. The first kappa shape index (κ1) is 22.0. The number of nitrogens with zero attached hydrogens (tertiary/aromatic N) is 3. The molecule has 0 aromatic heterocycles. The smallest absolute Gasteiger partial charge is 0.193 e. The van der Waals surface area contributed by atoms with Crippen LogP contribution < -0.4 is 5.32 Å². The number of halogens is 1. The maximum Gasteiger partial charge on any atom is 0.193 e. The number of guanidine groups is 1. The first-order chi connectivity index (χ1) is 11.0. The van der Waals surface area contributed by atoms with Crippen LogP contribution in [0.3, 0.4) is 0 Å². The second-order valence-electron chi connectivity index (χ2n) is 7.56. The van der Waals surface area contributed by atoms with Crippen LogP contribution in [0.1, 0.15) is 41.0 Å². The van der Waals surface area contributed by atoms with Crippen molar-refractivity contribution in [2.45, 2.75) is 53.1 Å². The van der Waals surface area contributed by atoms with Gasteiger partial charge in [0.05, 0.1) is 19.8 Å². The average molecular weight is 452 g/mol. The van der Waals surface area contributed by atoms with Gasteiger partial charge in [-0.1, -0.05) is 13.8 Å². The van der Waals surface area contributed by atoms with Crippen molar-refractivity contribution >= 4 is 29.9 Å². The zero-order valence-electron chi connectivity index (χ0n) is 16.1. The minimum atomic E-state index is 0. The third kappa shape index (κ3) is 6.33. The highest BCUT2D eigenvalue weighted by molar-refractivity contribution is 14.0. The fraction of sp³-hybridized carbons (Fsp3) is 0.944. The lowest BCUT2D eigenvalue weighted by Crippen LogP contribution is -2.51. The second kappa shape index (κ2) is 10.8. The molecule has 2 aliphatic rings. The van der Waals surface area contributed by atoms with Gasteiger partial charge in [0.1, 0.15) is 0 Å². The maximum absolute atomic E-state index is 5.55. The first-order valence-corrected chi connectivity index (χ1v) is 9.38. The number of aliphatic imine (C=N–C) groups is 1. The molecule has 4 atom stereocenters. The van der Waals surface area contributed by atoms with Gasteiger partial charge in [-0.3, -0.25) is 9.89 Å². The summed E-state index contributed by atoms with van der Waals surface area (Å²) in [5.41, 5.74) is 0. The highest BCUT2D eigenvalue weighted by Crippen LogP contribution is 2.21. The van der Waals surface area contributed by atoms with E-state index >= 15 is 0 Å². The molecule has 0 aromatic carbocycles. The molecule has 1 N–H and O–H groups in total. The van der Waals surface area contributed by atoms with E-state index in [2.05, 4.69) is 49.7 Å². The molecule has 2 saturated heterocycles. The van der Waals surface area contributed by atoms with Crippen molar-refractivity contribution in [3.63, 3.8) is 0 Å². The topological polar surface area (TPSA) is 40.1 Å². The van der Waals surface area contributed by atoms with E-state index in [9.17, 15) is 0 Å². The Kier molecular flexibility index (Phi) is 9.89. The molecule has 0 spiro atoms. The molecule has 0 amide bonds. The minimum Gasteiger partial charge on any atom is -0.379 e. The Bertz CT molecular complexity index is 383. The normalized spacial score (nSPS) is 30.6. The fourth-order valence-electron chi connectivity index (χ4n) is 3.98. The number of piperidine rings is 1. The van der Waals surface area contributed by atoms with E-state index in [4.69, 9.17) is 9.73 Å². The van der Waals surface area contributed by atoms with Crippen LogP contribution in [0.25, 0.3) is 0 Å². The number of ether oxygens (including phenoxy) is 1. The van der Waals surface area contributed by atoms with E-state index < -0.39 is 0 Å². The van der Waals surface area contributed by atoms with Gasteiger partial charge in [-0.2, -0.15) is 0 Å². The summed E-state index contributed by atoms with van der Waals surface area (Å²) < 4.78 is 5.55. The van der Waals surface area contributed by atoms with Crippen molar-refractivity contribution in [2.75, 3.05) is 45.9 Å². The molecule has 0 bridgehead atoms. The molecular weight excluding hydrogens is 415 g/mol. The van der Waals surface area contributed by atoms with Crippen molar-refractivity contribution in [2.24, 2.45) is 16.8 Å². The lowest BCUT2D eigenvalue weighted by atomic mass is 9.92. The van der Waals surface area contributed by atoms with Gasteiger partial charge in [0, 0.05) is 38.3 Å². The Morgan fingerprint density at radius 1 is 1.25 bits per heavy atom. The van der Waals surface area contributed by atoms with Crippen LogP contribution in [0.15, 0.2) is 4.99 Å². The third-order valence-electron chi connectivity index (χ3n) is 4.99. The van der Waals surface area contributed by atoms with Crippen LogP contribution >= 0.6 is 24.0 Å². The molecule has 4 unspecified atom stereocenters. The molecule has 6 heteroatoms. The van der Waals surface area contributed by atoms with Crippen LogP contribution in [0.5, 0.6) is 0 Å². The van der Waals surface area contributed by atoms with Gasteiger partial charge >= 0.3 is 0 Å². The van der Waals surface area contributed by atoms with Crippen molar-refractivity contribution in [3.8, 4) is 0 Å².